The number of ether oxygens (including phenoxy) is 1. The Morgan fingerprint density at radius 2 is 2.27 bits per heavy atom. The van der Waals surface area contributed by atoms with Crippen molar-refractivity contribution >= 4 is 0 Å². The molecule has 0 radical (unpaired) electrons. The molecule has 0 aliphatic heterocycles. The predicted molar refractivity (Wildman–Crippen MR) is 46.4 cm³/mol. The van der Waals surface area contributed by atoms with Crippen LogP contribution in [-0.2, 0) is 4.74 Å². The van der Waals surface area contributed by atoms with Gasteiger partial charge in [-0.2, -0.15) is 0 Å². The van der Waals surface area contributed by atoms with Gasteiger partial charge in [0.25, 0.3) is 0 Å². The van der Waals surface area contributed by atoms with Crippen LogP contribution in [0.4, 0.5) is 0 Å². The van der Waals surface area contributed by atoms with E-state index in [1.54, 1.807) is 0 Å². The third-order valence-electron chi connectivity index (χ3n) is 2.26. The molecule has 1 unspecified atom stereocenters. The van der Waals surface area contributed by atoms with Crippen LogP contribution in [0.2, 0.25) is 0 Å². The second-order valence-electron chi connectivity index (χ2n) is 3.34. The lowest BCUT2D eigenvalue weighted by Gasteiger charge is -2.08. The molecule has 1 atom stereocenters. The Morgan fingerprint density at radius 3 is 2.82 bits per heavy atom. The van der Waals surface area contributed by atoms with Gasteiger partial charge in [0.1, 0.15) is 0 Å². The van der Waals surface area contributed by atoms with E-state index in [4.69, 9.17) is 10.5 Å². The van der Waals surface area contributed by atoms with E-state index in [-0.39, 0.29) is 0 Å². The molecule has 1 saturated carbocycles. The molecule has 1 fully saturated rings. The van der Waals surface area contributed by atoms with Gasteiger partial charge in [-0.25, -0.2) is 0 Å². The topological polar surface area (TPSA) is 35.2 Å². The molecule has 0 aromatic rings. The molecule has 0 saturated heterocycles. The van der Waals surface area contributed by atoms with Crippen LogP contribution in [0.5, 0.6) is 0 Å². The average Bonchev–Trinajstić information content (AvgIpc) is 2.79. The summed E-state index contributed by atoms with van der Waals surface area (Å²) in [5, 5.41) is 0. The number of hydrogen-bond acceptors (Lipinski definition) is 2. The smallest absolute Gasteiger partial charge is 0.0466 e. The van der Waals surface area contributed by atoms with Crippen molar-refractivity contribution < 1.29 is 4.74 Å². The van der Waals surface area contributed by atoms with Crippen LogP contribution in [0.15, 0.2) is 0 Å². The summed E-state index contributed by atoms with van der Waals surface area (Å²) < 4.78 is 5.23. The van der Waals surface area contributed by atoms with Gasteiger partial charge in [-0.05, 0) is 38.5 Å². The normalized spacial score (nSPS) is 20.2. The molecule has 2 nitrogen and oxygen atoms in total. The van der Waals surface area contributed by atoms with Gasteiger partial charge in [0.15, 0.2) is 0 Å². The first-order valence-electron chi connectivity index (χ1n) is 4.68. The molecule has 0 aromatic heterocycles. The van der Waals surface area contributed by atoms with Gasteiger partial charge in [0.2, 0.25) is 0 Å². The zero-order valence-electron chi connectivity index (χ0n) is 7.38. The molecular weight excluding hydrogens is 138 g/mol. The molecule has 0 aromatic carbocycles. The van der Waals surface area contributed by atoms with Crippen molar-refractivity contribution in [3.63, 3.8) is 0 Å². The highest BCUT2D eigenvalue weighted by Gasteiger charge is 2.27. The van der Waals surface area contributed by atoms with E-state index in [9.17, 15) is 0 Å². The Labute approximate surface area is 69.1 Å². The summed E-state index contributed by atoms with van der Waals surface area (Å²) in [5.74, 6) is 0.844. The van der Waals surface area contributed by atoms with Gasteiger partial charge >= 0.3 is 0 Å². The summed E-state index contributed by atoms with van der Waals surface area (Å²) in [4.78, 5) is 0. The maximum atomic E-state index is 5.91. The summed E-state index contributed by atoms with van der Waals surface area (Å²) in [6.45, 7) is 3.75. The lowest BCUT2D eigenvalue weighted by Crippen LogP contribution is -2.22. The van der Waals surface area contributed by atoms with Crippen molar-refractivity contribution in [2.24, 2.45) is 11.7 Å². The molecular formula is C9H19NO. The van der Waals surface area contributed by atoms with E-state index in [1.807, 2.05) is 6.92 Å². The van der Waals surface area contributed by atoms with E-state index in [0.29, 0.717) is 6.04 Å². The summed E-state index contributed by atoms with van der Waals surface area (Å²) in [7, 11) is 0. The van der Waals surface area contributed by atoms with E-state index in [1.165, 1.54) is 12.8 Å². The molecule has 2 N–H and O–H groups in total. The molecule has 11 heavy (non-hydrogen) atoms. The van der Waals surface area contributed by atoms with Gasteiger partial charge in [0.05, 0.1) is 0 Å². The van der Waals surface area contributed by atoms with Crippen molar-refractivity contribution in [3.05, 3.63) is 0 Å². The highest BCUT2D eigenvalue weighted by molar-refractivity contribution is 4.83. The lowest BCUT2D eigenvalue weighted by molar-refractivity contribution is 0.141. The molecule has 0 amide bonds. The molecule has 0 heterocycles. The van der Waals surface area contributed by atoms with Crippen molar-refractivity contribution in [2.45, 2.75) is 38.6 Å². The first-order chi connectivity index (χ1) is 5.34. The molecule has 1 aliphatic rings. The summed E-state index contributed by atoms with van der Waals surface area (Å²) in [6.07, 6.45) is 4.99. The monoisotopic (exact) mass is 157 g/mol. The average molecular weight is 157 g/mol. The molecule has 1 rings (SSSR count). The minimum absolute atomic E-state index is 0.454. The van der Waals surface area contributed by atoms with Crippen LogP contribution in [0.25, 0.3) is 0 Å². The van der Waals surface area contributed by atoms with Crippen LogP contribution >= 0.6 is 0 Å². The summed E-state index contributed by atoms with van der Waals surface area (Å²) >= 11 is 0. The van der Waals surface area contributed by atoms with Gasteiger partial charge in [-0.3, -0.25) is 0 Å². The van der Waals surface area contributed by atoms with Crippen molar-refractivity contribution in [3.8, 4) is 0 Å². The Balaban J connectivity index is 1.85. The Morgan fingerprint density at radius 1 is 1.55 bits per heavy atom. The van der Waals surface area contributed by atoms with Crippen LogP contribution in [-0.4, -0.2) is 19.3 Å². The van der Waals surface area contributed by atoms with E-state index < -0.39 is 0 Å². The second kappa shape index (κ2) is 4.73. The van der Waals surface area contributed by atoms with Crippen molar-refractivity contribution in [2.75, 3.05) is 13.2 Å². The zero-order chi connectivity index (χ0) is 8.10. The number of hydrogen-bond donors (Lipinski definition) is 1. The molecule has 66 valence electrons. The predicted octanol–water partition coefficient (Wildman–Crippen LogP) is 1.54. The highest BCUT2D eigenvalue weighted by Crippen LogP contribution is 2.33. The molecule has 2 heteroatoms. The van der Waals surface area contributed by atoms with Crippen LogP contribution < -0.4 is 5.73 Å². The third-order valence-corrected chi connectivity index (χ3v) is 2.26. The van der Waals surface area contributed by atoms with Crippen molar-refractivity contribution in [1.29, 1.82) is 0 Å². The first kappa shape index (κ1) is 9.01. The fraction of sp³-hybridized carbons (Fsp3) is 1.00. The molecule has 0 bridgehead atoms. The zero-order valence-corrected chi connectivity index (χ0v) is 7.38. The quantitative estimate of drug-likeness (QED) is 0.594. The second-order valence-corrected chi connectivity index (χ2v) is 3.34. The highest BCUT2D eigenvalue weighted by atomic mass is 16.5. The van der Waals surface area contributed by atoms with Gasteiger partial charge < -0.3 is 10.5 Å². The van der Waals surface area contributed by atoms with Crippen LogP contribution in [0, 0.1) is 5.92 Å². The van der Waals surface area contributed by atoms with E-state index in [2.05, 4.69) is 0 Å². The summed E-state index contributed by atoms with van der Waals surface area (Å²) in [6, 6.07) is 0.454. The van der Waals surface area contributed by atoms with E-state index >= 15 is 0 Å². The summed E-state index contributed by atoms with van der Waals surface area (Å²) in [5.41, 5.74) is 5.91. The number of nitrogens with two attached hydrogens (primary N) is 1. The minimum atomic E-state index is 0.454. The maximum Gasteiger partial charge on any atom is 0.0466 e. The third kappa shape index (κ3) is 3.73. The molecule has 0 spiro atoms. The molecule has 1 aliphatic carbocycles. The minimum Gasteiger partial charge on any atom is -0.382 e. The number of rotatable bonds is 6. The van der Waals surface area contributed by atoms with E-state index in [0.717, 1.165) is 32.0 Å². The lowest BCUT2D eigenvalue weighted by atomic mass is 10.1. The van der Waals surface area contributed by atoms with Crippen LogP contribution in [0.3, 0.4) is 0 Å². The van der Waals surface area contributed by atoms with Gasteiger partial charge in [0, 0.05) is 19.3 Å². The van der Waals surface area contributed by atoms with Gasteiger partial charge in [-0.1, -0.05) is 0 Å². The SMILES string of the molecule is CCOCCCC(N)C1CC1. The van der Waals surface area contributed by atoms with Gasteiger partial charge in [-0.15, -0.1) is 0 Å². The Kier molecular flexibility index (Phi) is 3.87. The fourth-order valence-corrected chi connectivity index (χ4v) is 1.33. The van der Waals surface area contributed by atoms with Crippen LogP contribution in [0.1, 0.15) is 32.6 Å². The first-order valence-corrected chi connectivity index (χ1v) is 4.68. The Hall–Kier alpha value is -0.0800. The maximum absolute atomic E-state index is 5.91. The van der Waals surface area contributed by atoms with Crippen molar-refractivity contribution in [1.82, 2.24) is 0 Å². The Bertz CT molecular complexity index is 102. The largest absolute Gasteiger partial charge is 0.382 e. The fourth-order valence-electron chi connectivity index (χ4n) is 1.33. The standard InChI is InChI=1S/C9H19NO/c1-2-11-7-3-4-9(10)8-5-6-8/h8-9H,2-7,10H2,1H3.